The van der Waals surface area contributed by atoms with Crippen LogP contribution in [-0.2, 0) is 0 Å². The molecule has 32 heavy (non-hydrogen) atoms. The van der Waals surface area contributed by atoms with Gasteiger partial charge in [-0.1, -0.05) is 0 Å². The van der Waals surface area contributed by atoms with E-state index in [0.717, 1.165) is 16.9 Å². The van der Waals surface area contributed by atoms with Crippen LogP contribution in [0.4, 0.5) is 14.5 Å². The number of nitrogens with zero attached hydrogens (tertiary/aromatic N) is 4. The first kappa shape index (κ1) is 18.6. The van der Waals surface area contributed by atoms with Gasteiger partial charge in [0.2, 0.25) is 0 Å². The Morgan fingerprint density at radius 1 is 0.969 bits per heavy atom. The average molecular weight is 445 g/mol. The number of imidazole rings is 1. The van der Waals surface area contributed by atoms with Gasteiger partial charge >= 0.3 is 0 Å². The number of H-pyrrole nitrogens is 2. The molecule has 0 amide bonds. The Balaban J connectivity index is 1.53. The molecule has 0 fully saturated rings. The predicted octanol–water partition coefficient (Wildman–Crippen LogP) is 5.15. The summed E-state index contributed by atoms with van der Waals surface area (Å²) in [6.07, 6.45) is 4.70. The number of nitrogen functional groups attached to an aromatic ring is 1. The lowest BCUT2D eigenvalue weighted by Crippen LogP contribution is -1.90. The van der Waals surface area contributed by atoms with Gasteiger partial charge in [0.25, 0.3) is 0 Å². The van der Waals surface area contributed by atoms with Crippen LogP contribution in [0.5, 0.6) is 0 Å². The zero-order chi connectivity index (χ0) is 21.8. The highest BCUT2D eigenvalue weighted by molar-refractivity contribution is 7.13. The van der Waals surface area contributed by atoms with E-state index in [4.69, 9.17) is 5.73 Å². The van der Waals surface area contributed by atoms with E-state index in [1.165, 1.54) is 18.3 Å². The second-order valence-electron chi connectivity index (χ2n) is 7.20. The van der Waals surface area contributed by atoms with Crippen molar-refractivity contribution < 1.29 is 8.78 Å². The number of halogens is 2. The molecule has 5 aromatic heterocycles. The number of hydrogen-bond donors (Lipinski definition) is 3. The van der Waals surface area contributed by atoms with Crippen molar-refractivity contribution in [1.29, 1.82) is 0 Å². The molecule has 0 saturated heterocycles. The summed E-state index contributed by atoms with van der Waals surface area (Å²) in [4.78, 5) is 17.0. The second kappa shape index (κ2) is 6.92. The van der Waals surface area contributed by atoms with Gasteiger partial charge in [-0.15, -0.1) is 11.3 Å². The fraction of sp³-hybridized carbons (Fsp3) is 0. The summed E-state index contributed by atoms with van der Waals surface area (Å²) in [5.41, 5.74) is 10.1. The highest BCUT2D eigenvalue weighted by atomic mass is 32.1. The Morgan fingerprint density at radius 3 is 2.69 bits per heavy atom. The third-order valence-corrected chi connectivity index (χ3v) is 6.03. The number of aromatic nitrogens is 6. The van der Waals surface area contributed by atoms with Crippen molar-refractivity contribution in [3.63, 3.8) is 0 Å². The second-order valence-corrected chi connectivity index (χ2v) is 8.24. The van der Waals surface area contributed by atoms with Crippen molar-refractivity contribution in [2.45, 2.75) is 0 Å². The van der Waals surface area contributed by atoms with Crippen LogP contribution in [0.1, 0.15) is 0 Å². The van der Waals surface area contributed by atoms with E-state index in [2.05, 4.69) is 30.1 Å². The molecule has 4 N–H and O–H groups in total. The molecule has 6 rings (SSSR count). The topological polar surface area (TPSA) is 109 Å². The van der Waals surface area contributed by atoms with E-state index < -0.39 is 5.82 Å². The zero-order valence-corrected chi connectivity index (χ0v) is 17.0. The van der Waals surface area contributed by atoms with Gasteiger partial charge in [-0.3, -0.25) is 15.1 Å². The van der Waals surface area contributed by atoms with Crippen LogP contribution in [0.15, 0.2) is 55.0 Å². The maximum Gasteiger partial charge on any atom is 0.177 e. The number of anilines is 1. The normalized spacial score (nSPS) is 11.6. The first-order valence-electron chi connectivity index (χ1n) is 9.56. The van der Waals surface area contributed by atoms with Crippen LogP contribution >= 0.6 is 11.3 Å². The molecule has 0 aliphatic heterocycles. The molecule has 5 heterocycles. The Morgan fingerprint density at radius 2 is 1.88 bits per heavy atom. The van der Waals surface area contributed by atoms with Gasteiger partial charge in [0.15, 0.2) is 11.0 Å². The van der Waals surface area contributed by atoms with Crippen LogP contribution in [-0.4, -0.2) is 30.1 Å². The van der Waals surface area contributed by atoms with Crippen LogP contribution in [0, 0.1) is 10.9 Å². The van der Waals surface area contributed by atoms with E-state index >= 15 is 0 Å². The quantitative estimate of drug-likeness (QED) is 0.349. The number of nitrogens with two attached hydrogens (primary N) is 1. The Kier molecular flexibility index (Phi) is 4.02. The van der Waals surface area contributed by atoms with Gasteiger partial charge < -0.3 is 10.7 Å². The lowest BCUT2D eigenvalue weighted by atomic mass is 10.0. The van der Waals surface area contributed by atoms with Gasteiger partial charge in [-0.25, -0.2) is 9.37 Å². The molecule has 0 bridgehead atoms. The van der Waals surface area contributed by atoms with E-state index in [-0.39, 0.29) is 5.13 Å². The van der Waals surface area contributed by atoms with Crippen molar-refractivity contribution in [3.05, 3.63) is 65.9 Å². The Bertz CT molecular complexity index is 1630. The summed E-state index contributed by atoms with van der Waals surface area (Å²) < 4.78 is 28.3. The lowest BCUT2D eigenvalue weighted by Gasteiger charge is -2.05. The number of fused-ring (bicyclic) bond motifs is 2. The third-order valence-electron chi connectivity index (χ3n) is 5.15. The highest BCUT2D eigenvalue weighted by Gasteiger charge is 2.18. The fourth-order valence-corrected chi connectivity index (χ4v) is 4.44. The summed E-state index contributed by atoms with van der Waals surface area (Å²) in [6, 6.07) is 9.61. The van der Waals surface area contributed by atoms with Crippen LogP contribution in [0.25, 0.3) is 55.2 Å². The molecule has 0 saturated carbocycles. The standard InChI is InChI=1S/C22H13F2N7S/c23-14-7-16-13(6-12(14)10-5-11(25)9-26-8-10)19(31-30-16)22-28-15-3-4-27-21(20(15)29-22)17-1-2-18(24)32-17/h1-9H,25H2,(H,28,29)(H,30,31). The number of nitrogens with one attached hydrogen (secondary N) is 2. The molecule has 0 spiro atoms. The van der Waals surface area contributed by atoms with Gasteiger partial charge in [0.1, 0.15) is 22.7 Å². The molecule has 6 aromatic rings. The minimum Gasteiger partial charge on any atom is -0.397 e. The molecule has 1 aromatic carbocycles. The van der Waals surface area contributed by atoms with Crippen LogP contribution in [0.2, 0.25) is 0 Å². The molecular weight excluding hydrogens is 432 g/mol. The number of pyridine rings is 2. The summed E-state index contributed by atoms with van der Waals surface area (Å²) in [5, 5.41) is 7.60. The van der Waals surface area contributed by atoms with Crippen LogP contribution < -0.4 is 5.73 Å². The fourth-order valence-electron chi connectivity index (χ4n) is 3.71. The molecular formula is C22H13F2N7S. The number of aromatic amines is 2. The first-order chi connectivity index (χ1) is 15.6. The van der Waals surface area contributed by atoms with Crippen LogP contribution in [0.3, 0.4) is 0 Å². The largest absolute Gasteiger partial charge is 0.397 e. The van der Waals surface area contributed by atoms with E-state index in [9.17, 15) is 8.78 Å². The highest BCUT2D eigenvalue weighted by Crippen LogP contribution is 2.35. The van der Waals surface area contributed by atoms with E-state index in [1.54, 1.807) is 36.7 Å². The van der Waals surface area contributed by atoms with Crippen molar-refractivity contribution in [3.8, 4) is 33.2 Å². The molecule has 0 atom stereocenters. The average Bonchev–Trinajstić information content (AvgIpc) is 3.50. The summed E-state index contributed by atoms with van der Waals surface area (Å²) >= 11 is 1.00. The Labute approximate surface area is 183 Å². The van der Waals surface area contributed by atoms with Gasteiger partial charge in [0.05, 0.1) is 21.6 Å². The zero-order valence-electron chi connectivity index (χ0n) is 16.2. The van der Waals surface area contributed by atoms with E-state index in [0.29, 0.717) is 55.3 Å². The number of benzene rings is 1. The first-order valence-corrected chi connectivity index (χ1v) is 10.4. The molecule has 0 aliphatic rings. The van der Waals surface area contributed by atoms with Crippen molar-refractivity contribution in [1.82, 2.24) is 30.1 Å². The molecule has 7 nitrogen and oxygen atoms in total. The molecule has 10 heteroatoms. The summed E-state index contributed by atoms with van der Waals surface area (Å²) in [7, 11) is 0. The van der Waals surface area contributed by atoms with Gasteiger partial charge in [-0.2, -0.15) is 9.49 Å². The monoisotopic (exact) mass is 445 g/mol. The van der Waals surface area contributed by atoms with Crippen molar-refractivity contribution in [2.24, 2.45) is 0 Å². The maximum atomic E-state index is 14.8. The molecule has 156 valence electrons. The smallest absolute Gasteiger partial charge is 0.177 e. The SMILES string of the molecule is Nc1cncc(-c2cc3c(-c4nc5c(-c6ccc(F)s6)nccc5[nH]4)n[nH]c3cc2F)c1. The predicted molar refractivity (Wildman–Crippen MR) is 120 cm³/mol. The lowest BCUT2D eigenvalue weighted by molar-refractivity contribution is 0.632. The number of thiophene rings is 1. The van der Waals surface area contributed by atoms with E-state index in [1.807, 2.05) is 0 Å². The number of hydrogen-bond acceptors (Lipinski definition) is 6. The summed E-state index contributed by atoms with van der Waals surface area (Å²) in [6.45, 7) is 0. The number of rotatable bonds is 3. The minimum absolute atomic E-state index is 0.293. The van der Waals surface area contributed by atoms with Crippen molar-refractivity contribution >= 4 is 39.0 Å². The molecule has 0 aliphatic carbocycles. The van der Waals surface area contributed by atoms with Gasteiger partial charge in [-0.05, 0) is 30.3 Å². The van der Waals surface area contributed by atoms with Crippen molar-refractivity contribution in [2.75, 3.05) is 5.73 Å². The molecule has 0 unspecified atom stereocenters. The third kappa shape index (κ3) is 2.92. The minimum atomic E-state index is -0.420. The summed E-state index contributed by atoms with van der Waals surface area (Å²) in [5.74, 6) is 0.0664. The maximum absolute atomic E-state index is 14.8. The molecule has 0 radical (unpaired) electrons. The Hall–Kier alpha value is -4.18. The van der Waals surface area contributed by atoms with Gasteiger partial charge in [0, 0.05) is 41.2 Å².